The van der Waals surface area contributed by atoms with E-state index in [9.17, 15) is 4.79 Å². The van der Waals surface area contributed by atoms with E-state index in [1.165, 1.54) is 0 Å². The highest BCUT2D eigenvalue weighted by Crippen LogP contribution is 2.24. The van der Waals surface area contributed by atoms with E-state index in [0.717, 1.165) is 12.2 Å². The summed E-state index contributed by atoms with van der Waals surface area (Å²) in [5, 5.41) is 8.00. The monoisotopic (exact) mass is 373 g/mol. The van der Waals surface area contributed by atoms with Crippen LogP contribution in [0.2, 0.25) is 5.02 Å². The van der Waals surface area contributed by atoms with E-state index in [1.54, 1.807) is 30.0 Å². The number of nitrogens with one attached hydrogen (secondary N) is 1. The van der Waals surface area contributed by atoms with Gasteiger partial charge in [0.05, 0.1) is 5.69 Å². The van der Waals surface area contributed by atoms with Crippen molar-refractivity contribution in [2.45, 2.75) is 13.3 Å². The van der Waals surface area contributed by atoms with Crippen molar-refractivity contribution in [2.75, 3.05) is 20.3 Å². The molecule has 1 amide bonds. The van der Waals surface area contributed by atoms with Gasteiger partial charge in [-0.1, -0.05) is 17.7 Å². The van der Waals surface area contributed by atoms with Crippen LogP contribution >= 0.6 is 11.6 Å². The molecule has 3 aromatic rings. The van der Waals surface area contributed by atoms with Gasteiger partial charge in [0.2, 0.25) is 0 Å². The van der Waals surface area contributed by atoms with Crippen molar-refractivity contribution < 1.29 is 13.9 Å². The lowest BCUT2D eigenvalue weighted by atomic mass is 10.2. The topological polar surface area (TPSA) is 69.3 Å². The maximum Gasteiger partial charge on any atom is 0.270 e. The smallest absolute Gasteiger partial charge is 0.270 e. The Labute approximate surface area is 156 Å². The fourth-order valence-electron chi connectivity index (χ4n) is 2.55. The Balaban J connectivity index is 1.95. The van der Waals surface area contributed by atoms with Gasteiger partial charge in [-0.2, -0.15) is 5.10 Å². The van der Waals surface area contributed by atoms with Gasteiger partial charge in [0, 0.05) is 31.4 Å². The second-order valence-electron chi connectivity index (χ2n) is 5.82. The average Bonchev–Trinajstić information content (AvgIpc) is 3.25. The van der Waals surface area contributed by atoms with Gasteiger partial charge in [-0.05, 0) is 43.7 Å². The molecule has 0 unspecified atom stereocenters. The highest BCUT2D eigenvalue weighted by atomic mass is 35.5. The second-order valence-corrected chi connectivity index (χ2v) is 6.26. The van der Waals surface area contributed by atoms with Gasteiger partial charge in [0.25, 0.3) is 5.91 Å². The lowest BCUT2D eigenvalue weighted by molar-refractivity contribution is 0.0941. The summed E-state index contributed by atoms with van der Waals surface area (Å²) in [7, 11) is 1.63. The maximum atomic E-state index is 12.7. The van der Waals surface area contributed by atoms with Crippen LogP contribution in [0.4, 0.5) is 0 Å². The third-order valence-corrected chi connectivity index (χ3v) is 4.03. The number of hydrogen-bond acceptors (Lipinski definition) is 4. The van der Waals surface area contributed by atoms with Gasteiger partial charge < -0.3 is 14.5 Å². The molecule has 2 aromatic heterocycles. The molecular weight excluding hydrogens is 354 g/mol. The van der Waals surface area contributed by atoms with E-state index in [2.05, 4.69) is 10.4 Å². The van der Waals surface area contributed by atoms with Crippen LogP contribution in [0.25, 0.3) is 17.1 Å². The van der Waals surface area contributed by atoms with E-state index < -0.39 is 0 Å². The number of hydrogen-bond donors (Lipinski definition) is 1. The molecule has 136 valence electrons. The molecular formula is C19H20ClN3O3. The molecule has 0 aliphatic carbocycles. The van der Waals surface area contributed by atoms with E-state index >= 15 is 0 Å². The number of ether oxygens (including phenoxy) is 1. The van der Waals surface area contributed by atoms with Crippen LogP contribution in [0.15, 0.2) is 46.9 Å². The molecule has 1 N–H and O–H groups in total. The number of furan rings is 1. The number of methoxy groups -OCH3 is 1. The zero-order valence-electron chi connectivity index (χ0n) is 14.7. The first-order chi connectivity index (χ1) is 12.6. The Morgan fingerprint density at radius 3 is 2.85 bits per heavy atom. The van der Waals surface area contributed by atoms with Crippen LogP contribution in [0.5, 0.6) is 0 Å². The molecule has 0 saturated heterocycles. The largest absolute Gasteiger partial charge is 0.460 e. The molecule has 2 heterocycles. The summed E-state index contributed by atoms with van der Waals surface area (Å²) in [4.78, 5) is 12.7. The maximum absolute atomic E-state index is 12.7. The fourth-order valence-corrected chi connectivity index (χ4v) is 2.73. The Hall–Kier alpha value is -2.57. The molecule has 3 rings (SSSR count). The number of carbonyl (C=O) groups excluding carboxylic acids is 1. The Bertz CT molecular complexity index is 901. The van der Waals surface area contributed by atoms with Gasteiger partial charge in [-0.3, -0.25) is 4.79 Å². The van der Waals surface area contributed by atoms with Crippen molar-refractivity contribution in [3.63, 3.8) is 0 Å². The number of aromatic nitrogens is 2. The minimum atomic E-state index is -0.219. The summed E-state index contributed by atoms with van der Waals surface area (Å²) in [5.74, 6) is 1.17. The van der Waals surface area contributed by atoms with Gasteiger partial charge in [0.1, 0.15) is 17.1 Å². The van der Waals surface area contributed by atoms with Crippen LogP contribution in [0, 0.1) is 6.92 Å². The van der Waals surface area contributed by atoms with Gasteiger partial charge in [-0.25, -0.2) is 4.68 Å². The van der Waals surface area contributed by atoms with Crippen molar-refractivity contribution in [2.24, 2.45) is 0 Å². The third kappa shape index (κ3) is 4.15. The molecule has 0 spiro atoms. The summed E-state index contributed by atoms with van der Waals surface area (Å²) in [6.07, 6.45) is 0.734. The first-order valence-electron chi connectivity index (χ1n) is 8.28. The number of amides is 1. The van der Waals surface area contributed by atoms with Crippen molar-refractivity contribution in [3.05, 3.63) is 58.9 Å². The first-order valence-corrected chi connectivity index (χ1v) is 8.66. The number of carbonyl (C=O) groups is 1. The Morgan fingerprint density at radius 1 is 1.31 bits per heavy atom. The lowest BCUT2D eigenvalue weighted by Gasteiger charge is -2.08. The number of halogens is 1. The summed E-state index contributed by atoms with van der Waals surface area (Å²) < 4.78 is 12.2. The first kappa shape index (κ1) is 18.2. The Morgan fingerprint density at radius 2 is 2.15 bits per heavy atom. The Kier molecular flexibility index (Phi) is 5.75. The minimum Gasteiger partial charge on any atom is -0.460 e. The summed E-state index contributed by atoms with van der Waals surface area (Å²) in [6.45, 7) is 2.97. The van der Waals surface area contributed by atoms with E-state index in [4.69, 9.17) is 20.8 Å². The molecule has 0 radical (unpaired) electrons. The van der Waals surface area contributed by atoms with Crippen molar-refractivity contribution in [1.29, 1.82) is 0 Å². The minimum absolute atomic E-state index is 0.219. The number of rotatable bonds is 7. The second kappa shape index (κ2) is 8.21. The van der Waals surface area contributed by atoms with Crippen LogP contribution in [-0.4, -0.2) is 35.9 Å². The molecule has 0 aliphatic rings. The van der Waals surface area contributed by atoms with Crippen LogP contribution in [0.3, 0.4) is 0 Å². The molecule has 26 heavy (non-hydrogen) atoms. The predicted molar refractivity (Wildman–Crippen MR) is 99.8 cm³/mol. The molecule has 0 saturated carbocycles. The quantitative estimate of drug-likeness (QED) is 0.638. The van der Waals surface area contributed by atoms with Crippen molar-refractivity contribution >= 4 is 17.5 Å². The molecule has 0 atom stereocenters. The molecule has 7 heteroatoms. The zero-order chi connectivity index (χ0) is 18.5. The normalized spacial score (nSPS) is 10.9. The molecule has 0 aliphatic heterocycles. The fraction of sp³-hybridized carbons (Fsp3) is 0.263. The average molecular weight is 374 g/mol. The van der Waals surface area contributed by atoms with Gasteiger partial charge in [0.15, 0.2) is 5.76 Å². The standard InChI is InChI=1S/C19H20ClN3O3/c1-13-7-8-18(26-13)16-12-17(19(24)21-9-4-10-25-2)23(22-16)15-6-3-5-14(20)11-15/h3,5-8,11-12H,4,9-10H2,1-2H3,(H,21,24). The zero-order valence-corrected chi connectivity index (χ0v) is 15.4. The highest BCUT2D eigenvalue weighted by Gasteiger charge is 2.19. The molecule has 0 bridgehead atoms. The highest BCUT2D eigenvalue weighted by molar-refractivity contribution is 6.30. The number of nitrogens with zero attached hydrogens (tertiary/aromatic N) is 2. The van der Waals surface area contributed by atoms with E-state index in [0.29, 0.717) is 41.0 Å². The molecule has 0 fully saturated rings. The van der Waals surface area contributed by atoms with Crippen molar-refractivity contribution in [1.82, 2.24) is 15.1 Å². The third-order valence-electron chi connectivity index (χ3n) is 3.80. The van der Waals surface area contributed by atoms with E-state index in [1.807, 2.05) is 31.2 Å². The molecule has 1 aromatic carbocycles. The van der Waals surface area contributed by atoms with Crippen molar-refractivity contribution in [3.8, 4) is 17.1 Å². The number of benzene rings is 1. The van der Waals surface area contributed by atoms with E-state index in [-0.39, 0.29) is 5.91 Å². The summed E-state index contributed by atoms with van der Waals surface area (Å²) >= 11 is 6.10. The van der Waals surface area contributed by atoms with Crippen LogP contribution in [0.1, 0.15) is 22.7 Å². The van der Waals surface area contributed by atoms with Crippen LogP contribution < -0.4 is 5.32 Å². The van der Waals surface area contributed by atoms with Gasteiger partial charge >= 0.3 is 0 Å². The van der Waals surface area contributed by atoms with Crippen LogP contribution in [-0.2, 0) is 4.74 Å². The lowest BCUT2D eigenvalue weighted by Crippen LogP contribution is -2.27. The number of aryl methyl sites for hydroxylation is 1. The summed E-state index contributed by atoms with van der Waals surface area (Å²) in [6, 6.07) is 12.6. The van der Waals surface area contributed by atoms with Gasteiger partial charge in [-0.15, -0.1) is 0 Å². The predicted octanol–water partition coefficient (Wildman–Crippen LogP) is 3.86. The SMILES string of the molecule is COCCCNC(=O)c1cc(-c2ccc(C)o2)nn1-c1cccc(Cl)c1. The molecule has 6 nitrogen and oxygen atoms in total. The summed E-state index contributed by atoms with van der Waals surface area (Å²) in [5.41, 5.74) is 1.70.